The van der Waals surface area contributed by atoms with Crippen molar-refractivity contribution in [2.45, 2.75) is 38.6 Å². The summed E-state index contributed by atoms with van der Waals surface area (Å²) in [6, 6.07) is 18.0. The third-order valence-corrected chi connectivity index (χ3v) is 5.48. The molecule has 2 aliphatic rings. The Labute approximate surface area is 165 Å². The fraction of sp³-hybridized carbons (Fsp3) is 0.348. The van der Waals surface area contributed by atoms with Crippen LogP contribution in [0.15, 0.2) is 59.7 Å². The van der Waals surface area contributed by atoms with E-state index in [0.29, 0.717) is 25.8 Å². The minimum Gasteiger partial charge on any atom is -0.332 e. The Morgan fingerprint density at radius 1 is 1.11 bits per heavy atom. The SMILES string of the molecule is Cc1ccc(C2=NN(C(=O)CCc3ccccc3)CC2N2CCCC2=O)cc1. The van der Waals surface area contributed by atoms with E-state index < -0.39 is 0 Å². The Morgan fingerprint density at radius 3 is 2.54 bits per heavy atom. The standard InChI is InChI=1S/C23H25N3O2/c1-17-9-12-19(13-10-17)23-20(25-15-5-8-21(25)27)16-26(24-23)22(28)14-11-18-6-3-2-4-7-18/h2-4,6-7,9-10,12-13,20H,5,8,11,14-16H2,1H3. The van der Waals surface area contributed by atoms with E-state index in [1.807, 2.05) is 66.4 Å². The van der Waals surface area contributed by atoms with Crippen LogP contribution in [0.25, 0.3) is 0 Å². The number of hydrogen-bond donors (Lipinski definition) is 0. The molecule has 2 aliphatic heterocycles. The Kier molecular flexibility index (Phi) is 5.24. The maximum atomic E-state index is 12.8. The highest BCUT2D eigenvalue weighted by Crippen LogP contribution is 2.24. The Morgan fingerprint density at radius 2 is 1.86 bits per heavy atom. The van der Waals surface area contributed by atoms with Gasteiger partial charge in [-0.2, -0.15) is 5.10 Å². The summed E-state index contributed by atoms with van der Waals surface area (Å²) in [5.74, 6) is 0.158. The molecule has 5 heteroatoms. The van der Waals surface area contributed by atoms with Gasteiger partial charge in [0.15, 0.2) is 0 Å². The van der Waals surface area contributed by atoms with E-state index in [1.165, 1.54) is 5.56 Å². The average Bonchev–Trinajstić information content (AvgIpc) is 3.33. The zero-order valence-electron chi connectivity index (χ0n) is 16.2. The van der Waals surface area contributed by atoms with E-state index >= 15 is 0 Å². The van der Waals surface area contributed by atoms with Gasteiger partial charge >= 0.3 is 0 Å². The summed E-state index contributed by atoms with van der Waals surface area (Å²) >= 11 is 0. The highest BCUT2D eigenvalue weighted by Gasteiger charge is 2.38. The van der Waals surface area contributed by atoms with E-state index in [2.05, 4.69) is 5.10 Å². The quantitative estimate of drug-likeness (QED) is 0.806. The topological polar surface area (TPSA) is 53.0 Å². The van der Waals surface area contributed by atoms with E-state index in [-0.39, 0.29) is 17.9 Å². The van der Waals surface area contributed by atoms with E-state index in [9.17, 15) is 9.59 Å². The number of hydrogen-bond acceptors (Lipinski definition) is 3. The molecule has 2 aromatic rings. The number of carbonyl (C=O) groups excluding carboxylic acids is 2. The summed E-state index contributed by atoms with van der Waals surface area (Å²) in [6.45, 7) is 3.23. The number of benzene rings is 2. The highest BCUT2D eigenvalue weighted by molar-refractivity contribution is 6.08. The van der Waals surface area contributed by atoms with Crippen molar-refractivity contribution in [3.05, 3.63) is 71.3 Å². The Bertz CT molecular complexity index is 890. The average molecular weight is 375 g/mol. The van der Waals surface area contributed by atoms with Crippen LogP contribution < -0.4 is 0 Å². The van der Waals surface area contributed by atoms with Crippen LogP contribution in [0, 0.1) is 6.92 Å². The molecule has 2 heterocycles. The van der Waals surface area contributed by atoms with Gasteiger partial charge in [-0.05, 0) is 30.9 Å². The zero-order chi connectivity index (χ0) is 19.5. The van der Waals surface area contributed by atoms with Gasteiger partial charge in [0.25, 0.3) is 0 Å². The predicted octanol–water partition coefficient (Wildman–Crippen LogP) is 3.17. The van der Waals surface area contributed by atoms with Crippen molar-refractivity contribution in [2.24, 2.45) is 5.10 Å². The van der Waals surface area contributed by atoms with Gasteiger partial charge in [-0.3, -0.25) is 9.59 Å². The van der Waals surface area contributed by atoms with Crippen LogP contribution in [0.4, 0.5) is 0 Å². The first-order chi connectivity index (χ1) is 13.6. The first-order valence-electron chi connectivity index (χ1n) is 9.91. The largest absolute Gasteiger partial charge is 0.332 e. The second-order valence-corrected chi connectivity index (χ2v) is 7.52. The summed E-state index contributed by atoms with van der Waals surface area (Å²) in [5, 5.41) is 6.23. The minimum atomic E-state index is -0.154. The first-order valence-corrected chi connectivity index (χ1v) is 9.91. The summed E-state index contributed by atoms with van der Waals surface area (Å²) in [5.41, 5.74) is 4.12. The normalized spacial score (nSPS) is 19.2. The molecule has 0 spiro atoms. The van der Waals surface area contributed by atoms with Gasteiger partial charge in [0.2, 0.25) is 11.8 Å². The van der Waals surface area contributed by atoms with Gasteiger partial charge in [0.1, 0.15) is 0 Å². The molecule has 0 saturated carbocycles. The Hall–Kier alpha value is -2.95. The van der Waals surface area contributed by atoms with Crippen molar-refractivity contribution >= 4 is 17.5 Å². The van der Waals surface area contributed by atoms with Crippen molar-refractivity contribution in [3.63, 3.8) is 0 Å². The molecule has 2 aromatic carbocycles. The fourth-order valence-electron chi connectivity index (χ4n) is 3.89. The molecular formula is C23H25N3O2. The van der Waals surface area contributed by atoms with Crippen LogP contribution >= 0.6 is 0 Å². The maximum Gasteiger partial charge on any atom is 0.243 e. The molecule has 28 heavy (non-hydrogen) atoms. The highest BCUT2D eigenvalue weighted by atomic mass is 16.2. The van der Waals surface area contributed by atoms with Crippen molar-refractivity contribution < 1.29 is 9.59 Å². The van der Waals surface area contributed by atoms with Crippen molar-refractivity contribution in [3.8, 4) is 0 Å². The second-order valence-electron chi connectivity index (χ2n) is 7.52. The lowest BCUT2D eigenvalue weighted by molar-refractivity contribution is -0.133. The number of nitrogens with zero attached hydrogens (tertiary/aromatic N) is 3. The number of rotatable bonds is 5. The smallest absolute Gasteiger partial charge is 0.243 e. The molecule has 0 aliphatic carbocycles. The monoisotopic (exact) mass is 375 g/mol. The van der Waals surface area contributed by atoms with Crippen LogP contribution in [-0.2, 0) is 16.0 Å². The van der Waals surface area contributed by atoms with E-state index in [0.717, 1.165) is 29.8 Å². The number of likely N-dealkylation sites (tertiary alicyclic amines) is 1. The first kappa shape index (κ1) is 18.4. The van der Waals surface area contributed by atoms with Crippen molar-refractivity contribution in [1.82, 2.24) is 9.91 Å². The van der Waals surface area contributed by atoms with Crippen molar-refractivity contribution in [1.29, 1.82) is 0 Å². The lowest BCUT2D eigenvalue weighted by atomic mass is 10.0. The molecule has 144 valence electrons. The second kappa shape index (κ2) is 7.97. The third-order valence-electron chi connectivity index (χ3n) is 5.48. The minimum absolute atomic E-state index is 0.00242. The summed E-state index contributed by atoms with van der Waals surface area (Å²) in [4.78, 5) is 27.0. The summed E-state index contributed by atoms with van der Waals surface area (Å²) in [6.07, 6.45) is 2.56. The number of amides is 2. The molecule has 5 nitrogen and oxygen atoms in total. The maximum absolute atomic E-state index is 12.8. The molecule has 4 rings (SSSR count). The van der Waals surface area contributed by atoms with E-state index in [4.69, 9.17) is 0 Å². The fourth-order valence-corrected chi connectivity index (χ4v) is 3.89. The van der Waals surface area contributed by atoms with Crippen LogP contribution in [0.3, 0.4) is 0 Å². The molecule has 0 radical (unpaired) electrons. The zero-order valence-corrected chi connectivity index (χ0v) is 16.2. The molecule has 1 saturated heterocycles. The van der Waals surface area contributed by atoms with Gasteiger partial charge in [-0.1, -0.05) is 60.2 Å². The molecule has 1 atom stereocenters. The lowest BCUT2D eigenvalue weighted by Crippen LogP contribution is -2.44. The number of hydrazone groups is 1. The number of carbonyl (C=O) groups is 2. The predicted molar refractivity (Wildman–Crippen MR) is 109 cm³/mol. The van der Waals surface area contributed by atoms with Crippen LogP contribution in [0.2, 0.25) is 0 Å². The molecule has 0 bridgehead atoms. The molecule has 0 aromatic heterocycles. The van der Waals surface area contributed by atoms with Gasteiger partial charge < -0.3 is 4.90 Å². The third kappa shape index (κ3) is 3.84. The Balaban J connectivity index is 1.54. The molecule has 2 amide bonds. The van der Waals surface area contributed by atoms with Crippen LogP contribution in [0.5, 0.6) is 0 Å². The number of aryl methyl sites for hydroxylation is 2. The molecule has 0 N–H and O–H groups in total. The molecule has 1 fully saturated rings. The van der Waals surface area contributed by atoms with E-state index in [1.54, 1.807) is 5.01 Å². The van der Waals surface area contributed by atoms with Crippen LogP contribution in [0.1, 0.15) is 36.0 Å². The summed E-state index contributed by atoms with van der Waals surface area (Å²) < 4.78 is 0. The van der Waals surface area contributed by atoms with Gasteiger partial charge in [0.05, 0.1) is 18.3 Å². The van der Waals surface area contributed by atoms with Gasteiger partial charge in [0, 0.05) is 19.4 Å². The van der Waals surface area contributed by atoms with Crippen molar-refractivity contribution in [2.75, 3.05) is 13.1 Å². The molecule has 1 unspecified atom stereocenters. The molecular weight excluding hydrogens is 350 g/mol. The van der Waals surface area contributed by atoms with Crippen LogP contribution in [-0.4, -0.2) is 46.6 Å². The lowest BCUT2D eigenvalue weighted by Gasteiger charge is -2.25. The summed E-state index contributed by atoms with van der Waals surface area (Å²) in [7, 11) is 0. The van der Waals surface area contributed by atoms with Gasteiger partial charge in [-0.25, -0.2) is 5.01 Å². The van der Waals surface area contributed by atoms with Gasteiger partial charge in [-0.15, -0.1) is 0 Å².